The first-order valence-corrected chi connectivity index (χ1v) is 8.00. The maximum atomic E-state index is 5.78. The second-order valence-corrected chi connectivity index (χ2v) is 7.27. The molecular formula is C12H18O4Si. The van der Waals surface area contributed by atoms with Crippen molar-refractivity contribution in [3.63, 3.8) is 0 Å². The van der Waals surface area contributed by atoms with E-state index in [-0.39, 0.29) is 12.9 Å². The third-order valence-corrected chi connectivity index (χ3v) is 5.64. The zero-order valence-corrected chi connectivity index (χ0v) is 11.2. The van der Waals surface area contributed by atoms with Gasteiger partial charge in [-0.25, -0.2) is 0 Å². The van der Waals surface area contributed by atoms with Gasteiger partial charge in [-0.3, -0.25) is 0 Å². The lowest BCUT2D eigenvalue weighted by atomic mass is 10.4. The number of hydrogen-bond acceptors (Lipinski definition) is 4. The summed E-state index contributed by atoms with van der Waals surface area (Å²) in [7, 11) is -0.633. The van der Waals surface area contributed by atoms with Crippen LogP contribution in [0.4, 0.5) is 0 Å². The molecule has 1 aromatic rings. The molecular weight excluding hydrogens is 236 g/mol. The highest BCUT2D eigenvalue weighted by atomic mass is 28.4. The van der Waals surface area contributed by atoms with E-state index in [4.69, 9.17) is 18.3 Å². The summed E-state index contributed by atoms with van der Waals surface area (Å²) in [5.41, 5.74) is 0. The molecule has 1 aromatic carbocycles. The van der Waals surface area contributed by atoms with Gasteiger partial charge in [0.05, 0.1) is 13.2 Å². The summed E-state index contributed by atoms with van der Waals surface area (Å²) in [5.74, 6) is 0. The Morgan fingerprint density at radius 1 is 1.35 bits per heavy atom. The average molecular weight is 254 g/mol. The molecule has 4 nitrogen and oxygen atoms in total. The molecule has 0 aromatic heterocycles. The fourth-order valence-corrected chi connectivity index (χ4v) is 3.13. The highest BCUT2D eigenvalue weighted by Crippen LogP contribution is 2.10. The lowest BCUT2D eigenvalue weighted by molar-refractivity contribution is -0.00875. The first-order valence-electron chi connectivity index (χ1n) is 5.68. The highest BCUT2D eigenvalue weighted by molar-refractivity contribution is 6.79. The minimum atomic E-state index is -2.32. The van der Waals surface area contributed by atoms with Gasteiger partial charge in [-0.2, -0.15) is 0 Å². The molecule has 2 unspecified atom stereocenters. The van der Waals surface area contributed by atoms with E-state index in [0.29, 0.717) is 6.61 Å². The Kier molecular flexibility index (Phi) is 4.30. The molecule has 94 valence electrons. The topological polar surface area (TPSA) is 40.2 Å². The number of hydrogen-bond donors (Lipinski definition) is 0. The summed E-state index contributed by atoms with van der Waals surface area (Å²) >= 11 is 0. The van der Waals surface area contributed by atoms with Crippen molar-refractivity contribution in [2.45, 2.75) is 12.7 Å². The van der Waals surface area contributed by atoms with Crippen molar-refractivity contribution in [2.24, 2.45) is 0 Å². The van der Waals surface area contributed by atoms with E-state index in [1.807, 2.05) is 36.9 Å². The molecule has 1 heterocycles. The lowest BCUT2D eigenvalue weighted by Gasteiger charge is -2.25. The average Bonchev–Trinajstić information content (AvgIpc) is 3.19. The van der Waals surface area contributed by atoms with Gasteiger partial charge in [0.1, 0.15) is 12.9 Å². The molecule has 2 rings (SSSR count). The van der Waals surface area contributed by atoms with Crippen LogP contribution in [0.25, 0.3) is 0 Å². The SMILES string of the molecule is CO[Si](C)(OCOCC1CO1)c1ccccc1. The standard InChI is InChI=1S/C12H18O4Si/c1-13-17(2,12-6-4-3-5-7-12)16-10-14-8-11-9-15-11/h3-7,11H,8-10H2,1-2H3. The van der Waals surface area contributed by atoms with Crippen LogP contribution in [0.2, 0.25) is 6.55 Å². The molecule has 1 fully saturated rings. The van der Waals surface area contributed by atoms with Crippen LogP contribution in [0, 0.1) is 0 Å². The lowest BCUT2D eigenvalue weighted by Crippen LogP contribution is -2.50. The molecule has 0 aliphatic carbocycles. The summed E-state index contributed by atoms with van der Waals surface area (Å²) in [6.07, 6.45) is 0.269. The Hall–Kier alpha value is -0.723. The minimum Gasteiger partial charge on any atom is -0.394 e. The number of benzene rings is 1. The maximum Gasteiger partial charge on any atom is 0.370 e. The van der Waals surface area contributed by atoms with E-state index in [2.05, 4.69) is 0 Å². The second-order valence-electron chi connectivity index (χ2n) is 4.10. The molecule has 1 aliphatic heterocycles. The monoisotopic (exact) mass is 254 g/mol. The molecule has 0 radical (unpaired) electrons. The molecule has 0 bridgehead atoms. The van der Waals surface area contributed by atoms with E-state index in [1.165, 1.54) is 0 Å². The summed E-state index contributed by atoms with van der Waals surface area (Å²) in [6, 6.07) is 10.0. The summed E-state index contributed by atoms with van der Waals surface area (Å²) in [4.78, 5) is 0. The van der Waals surface area contributed by atoms with Crippen LogP contribution in [0.15, 0.2) is 30.3 Å². The fourth-order valence-electron chi connectivity index (χ4n) is 1.50. The van der Waals surface area contributed by atoms with E-state index < -0.39 is 8.56 Å². The fraction of sp³-hybridized carbons (Fsp3) is 0.500. The first kappa shape index (κ1) is 12.7. The van der Waals surface area contributed by atoms with Crippen LogP contribution < -0.4 is 5.19 Å². The Labute approximate surface area is 103 Å². The predicted octanol–water partition coefficient (Wildman–Crippen LogP) is 1.00. The first-order chi connectivity index (χ1) is 8.24. The predicted molar refractivity (Wildman–Crippen MR) is 66.3 cm³/mol. The molecule has 0 amide bonds. The van der Waals surface area contributed by atoms with Crippen molar-refractivity contribution in [3.05, 3.63) is 30.3 Å². The Morgan fingerprint density at radius 2 is 2.06 bits per heavy atom. The van der Waals surface area contributed by atoms with Gasteiger partial charge >= 0.3 is 8.56 Å². The van der Waals surface area contributed by atoms with Crippen molar-refractivity contribution in [1.29, 1.82) is 0 Å². The molecule has 1 saturated heterocycles. The Balaban J connectivity index is 1.84. The normalized spacial score (nSPS) is 22.1. The number of rotatable bonds is 7. The molecule has 0 N–H and O–H groups in total. The summed E-state index contributed by atoms with van der Waals surface area (Å²) in [6.45, 7) is 3.67. The van der Waals surface area contributed by atoms with Gasteiger partial charge in [0.2, 0.25) is 0 Å². The van der Waals surface area contributed by atoms with Gasteiger partial charge in [-0.05, 0) is 11.7 Å². The van der Waals surface area contributed by atoms with E-state index in [9.17, 15) is 0 Å². The van der Waals surface area contributed by atoms with E-state index in [1.54, 1.807) is 7.11 Å². The maximum absolute atomic E-state index is 5.78. The van der Waals surface area contributed by atoms with Crippen molar-refractivity contribution < 1.29 is 18.3 Å². The van der Waals surface area contributed by atoms with Crippen LogP contribution >= 0.6 is 0 Å². The molecule has 5 heteroatoms. The summed E-state index contributed by atoms with van der Waals surface area (Å²) in [5, 5.41) is 1.11. The van der Waals surface area contributed by atoms with Gasteiger partial charge in [0, 0.05) is 7.11 Å². The highest BCUT2D eigenvalue weighted by Gasteiger charge is 2.33. The van der Waals surface area contributed by atoms with Crippen LogP contribution in [0.1, 0.15) is 0 Å². The van der Waals surface area contributed by atoms with Crippen LogP contribution in [-0.2, 0) is 18.3 Å². The van der Waals surface area contributed by atoms with Crippen LogP contribution in [0.5, 0.6) is 0 Å². The van der Waals surface area contributed by atoms with Crippen molar-refractivity contribution in [3.8, 4) is 0 Å². The second kappa shape index (κ2) is 5.75. The van der Waals surface area contributed by atoms with Crippen molar-refractivity contribution in [2.75, 3.05) is 27.1 Å². The quantitative estimate of drug-likeness (QED) is 0.315. The molecule has 1 aliphatic rings. The molecule has 0 saturated carbocycles. The summed E-state index contributed by atoms with van der Waals surface area (Å²) < 4.78 is 21.8. The van der Waals surface area contributed by atoms with Gasteiger partial charge in [-0.1, -0.05) is 30.3 Å². The van der Waals surface area contributed by atoms with Gasteiger partial charge in [0.15, 0.2) is 0 Å². The zero-order chi connectivity index (χ0) is 12.1. The largest absolute Gasteiger partial charge is 0.394 e. The van der Waals surface area contributed by atoms with Gasteiger partial charge < -0.3 is 18.3 Å². The zero-order valence-electron chi connectivity index (χ0n) is 10.2. The Bertz CT molecular complexity index is 342. The van der Waals surface area contributed by atoms with Crippen LogP contribution in [0.3, 0.4) is 0 Å². The van der Waals surface area contributed by atoms with Gasteiger partial charge in [-0.15, -0.1) is 0 Å². The molecule has 0 spiro atoms. The van der Waals surface area contributed by atoms with Crippen molar-refractivity contribution >= 4 is 13.7 Å². The van der Waals surface area contributed by atoms with Crippen LogP contribution in [-0.4, -0.2) is 41.8 Å². The minimum absolute atomic E-state index is 0.255. The molecule has 17 heavy (non-hydrogen) atoms. The smallest absolute Gasteiger partial charge is 0.370 e. The van der Waals surface area contributed by atoms with Crippen molar-refractivity contribution in [1.82, 2.24) is 0 Å². The van der Waals surface area contributed by atoms with E-state index >= 15 is 0 Å². The Morgan fingerprint density at radius 3 is 2.65 bits per heavy atom. The third-order valence-electron chi connectivity index (χ3n) is 2.81. The number of epoxide rings is 1. The van der Waals surface area contributed by atoms with Gasteiger partial charge in [0.25, 0.3) is 0 Å². The van der Waals surface area contributed by atoms with E-state index in [0.717, 1.165) is 11.8 Å². The number of ether oxygens (including phenoxy) is 2. The molecule has 2 atom stereocenters. The third kappa shape index (κ3) is 3.62.